The van der Waals surface area contributed by atoms with Crippen molar-refractivity contribution in [2.75, 3.05) is 20.8 Å². The molecule has 1 amide bonds. The molecule has 2 rings (SSSR count). The average molecular weight is 263 g/mol. The number of carbonyl (C=O) groups is 1. The minimum atomic E-state index is 0.0709. The van der Waals surface area contributed by atoms with E-state index in [1.54, 1.807) is 32.4 Å². The van der Waals surface area contributed by atoms with Crippen molar-refractivity contribution in [3.63, 3.8) is 0 Å². The highest BCUT2D eigenvalue weighted by Gasteiger charge is 2.28. The topological polar surface area (TPSA) is 38.8 Å². The van der Waals surface area contributed by atoms with Crippen molar-refractivity contribution >= 4 is 5.91 Å². The Labute approximate surface area is 114 Å². The van der Waals surface area contributed by atoms with Crippen LogP contribution < -0.4 is 9.47 Å². The van der Waals surface area contributed by atoms with Gasteiger partial charge in [-0.05, 0) is 31.4 Å². The fourth-order valence-corrected chi connectivity index (χ4v) is 2.62. The van der Waals surface area contributed by atoms with E-state index in [-0.39, 0.29) is 5.91 Å². The van der Waals surface area contributed by atoms with Gasteiger partial charge in [0.15, 0.2) is 0 Å². The first-order valence-electron chi connectivity index (χ1n) is 6.73. The molecule has 0 aliphatic carbocycles. The summed E-state index contributed by atoms with van der Waals surface area (Å²) in [7, 11) is 3.18. The van der Waals surface area contributed by atoms with Gasteiger partial charge in [-0.15, -0.1) is 0 Å². The van der Waals surface area contributed by atoms with Crippen LogP contribution in [0.25, 0.3) is 0 Å². The van der Waals surface area contributed by atoms with Crippen LogP contribution in [0.2, 0.25) is 0 Å². The first kappa shape index (κ1) is 13.7. The monoisotopic (exact) mass is 263 g/mol. The molecular weight excluding hydrogens is 242 g/mol. The van der Waals surface area contributed by atoms with Gasteiger partial charge in [0.05, 0.1) is 14.2 Å². The van der Waals surface area contributed by atoms with E-state index in [2.05, 4.69) is 6.92 Å². The van der Waals surface area contributed by atoms with Crippen molar-refractivity contribution < 1.29 is 14.3 Å². The van der Waals surface area contributed by atoms with Crippen LogP contribution in [0.5, 0.6) is 11.5 Å². The van der Waals surface area contributed by atoms with Crippen molar-refractivity contribution in [1.82, 2.24) is 4.90 Å². The summed E-state index contributed by atoms with van der Waals surface area (Å²) in [6, 6.07) is 5.69. The zero-order chi connectivity index (χ0) is 13.8. The third-order valence-electron chi connectivity index (χ3n) is 3.71. The number of likely N-dealkylation sites (tertiary alicyclic amines) is 1. The van der Waals surface area contributed by atoms with Gasteiger partial charge in [0, 0.05) is 24.2 Å². The van der Waals surface area contributed by atoms with Crippen LogP contribution in [-0.2, 0) is 0 Å². The molecule has 1 aliphatic heterocycles. The quantitative estimate of drug-likeness (QED) is 0.838. The van der Waals surface area contributed by atoms with Gasteiger partial charge in [0.1, 0.15) is 11.5 Å². The van der Waals surface area contributed by atoms with Gasteiger partial charge < -0.3 is 14.4 Å². The lowest BCUT2D eigenvalue weighted by Gasteiger charge is -2.24. The molecule has 0 bridgehead atoms. The Morgan fingerprint density at radius 3 is 2.42 bits per heavy atom. The molecule has 1 aliphatic rings. The molecule has 0 saturated carbocycles. The highest BCUT2D eigenvalue weighted by atomic mass is 16.5. The zero-order valence-electron chi connectivity index (χ0n) is 11.8. The summed E-state index contributed by atoms with van der Waals surface area (Å²) in [6.45, 7) is 2.97. The summed E-state index contributed by atoms with van der Waals surface area (Å²) in [5.41, 5.74) is 0.636. The van der Waals surface area contributed by atoms with Gasteiger partial charge in [0.25, 0.3) is 5.91 Å². The number of hydrogen-bond acceptors (Lipinski definition) is 3. The molecule has 0 N–H and O–H groups in total. The number of amides is 1. The van der Waals surface area contributed by atoms with E-state index in [1.165, 1.54) is 0 Å². The van der Waals surface area contributed by atoms with E-state index in [0.29, 0.717) is 23.1 Å². The first-order valence-corrected chi connectivity index (χ1v) is 6.73. The van der Waals surface area contributed by atoms with Crippen LogP contribution >= 0.6 is 0 Å². The second kappa shape index (κ2) is 5.95. The average Bonchev–Trinajstić information content (AvgIpc) is 2.94. The highest BCUT2D eigenvalue weighted by molar-refractivity contribution is 5.95. The predicted octanol–water partition coefficient (Wildman–Crippen LogP) is 2.72. The molecule has 0 radical (unpaired) electrons. The normalized spacial score (nSPS) is 18.5. The largest absolute Gasteiger partial charge is 0.497 e. The van der Waals surface area contributed by atoms with Gasteiger partial charge in [-0.2, -0.15) is 0 Å². The number of benzene rings is 1. The van der Waals surface area contributed by atoms with Crippen LogP contribution in [0.1, 0.15) is 36.5 Å². The molecule has 1 saturated heterocycles. The van der Waals surface area contributed by atoms with E-state index >= 15 is 0 Å². The van der Waals surface area contributed by atoms with E-state index in [9.17, 15) is 4.79 Å². The maximum absolute atomic E-state index is 12.6. The van der Waals surface area contributed by atoms with Crippen molar-refractivity contribution in [3.8, 4) is 11.5 Å². The van der Waals surface area contributed by atoms with Crippen LogP contribution in [-0.4, -0.2) is 37.6 Å². The molecule has 4 nitrogen and oxygen atoms in total. The second-order valence-corrected chi connectivity index (χ2v) is 4.80. The number of nitrogens with zero attached hydrogens (tertiary/aromatic N) is 1. The first-order chi connectivity index (χ1) is 9.19. The third-order valence-corrected chi connectivity index (χ3v) is 3.71. The predicted molar refractivity (Wildman–Crippen MR) is 73.9 cm³/mol. The number of rotatable bonds is 4. The van der Waals surface area contributed by atoms with Crippen LogP contribution in [0.3, 0.4) is 0 Å². The van der Waals surface area contributed by atoms with Crippen molar-refractivity contribution in [3.05, 3.63) is 23.8 Å². The number of methoxy groups -OCH3 is 2. The lowest BCUT2D eigenvalue weighted by atomic mass is 10.1. The molecule has 4 heteroatoms. The van der Waals surface area contributed by atoms with E-state index in [1.807, 2.05) is 4.90 Å². The number of carbonyl (C=O) groups excluding carboxylic acids is 1. The van der Waals surface area contributed by atoms with E-state index in [4.69, 9.17) is 9.47 Å². The molecular formula is C15H21NO3. The highest BCUT2D eigenvalue weighted by Crippen LogP contribution is 2.27. The van der Waals surface area contributed by atoms with Gasteiger partial charge >= 0.3 is 0 Å². The van der Waals surface area contributed by atoms with E-state index in [0.717, 1.165) is 25.8 Å². The Kier molecular flexibility index (Phi) is 4.30. The molecule has 0 spiro atoms. The molecule has 19 heavy (non-hydrogen) atoms. The molecule has 1 fully saturated rings. The van der Waals surface area contributed by atoms with Crippen LogP contribution in [0, 0.1) is 0 Å². The Morgan fingerprint density at radius 1 is 1.26 bits per heavy atom. The summed E-state index contributed by atoms with van der Waals surface area (Å²) in [4.78, 5) is 14.5. The minimum absolute atomic E-state index is 0.0709. The summed E-state index contributed by atoms with van der Waals surface area (Å²) in [5.74, 6) is 1.37. The lowest BCUT2D eigenvalue weighted by Crippen LogP contribution is -2.35. The second-order valence-electron chi connectivity index (χ2n) is 4.80. The molecule has 1 aromatic rings. The van der Waals surface area contributed by atoms with Crippen LogP contribution in [0.4, 0.5) is 0 Å². The molecule has 1 heterocycles. The maximum atomic E-state index is 12.6. The van der Waals surface area contributed by atoms with Gasteiger partial charge in [0.2, 0.25) is 0 Å². The Bertz CT molecular complexity index is 436. The fraction of sp³-hybridized carbons (Fsp3) is 0.533. The maximum Gasteiger partial charge on any atom is 0.254 e. The molecule has 1 aromatic carbocycles. The summed E-state index contributed by atoms with van der Waals surface area (Å²) in [6.07, 6.45) is 3.20. The third kappa shape index (κ3) is 2.83. The lowest BCUT2D eigenvalue weighted by molar-refractivity contribution is 0.0733. The Hall–Kier alpha value is -1.71. The van der Waals surface area contributed by atoms with Gasteiger partial charge in [-0.25, -0.2) is 0 Å². The molecule has 1 atom stereocenters. The van der Waals surface area contributed by atoms with Crippen molar-refractivity contribution in [2.45, 2.75) is 32.2 Å². The van der Waals surface area contributed by atoms with E-state index < -0.39 is 0 Å². The van der Waals surface area contributed by atoms with Gasteiger partial charge in [-0.3, -0.25) is 4.79 Å². The fourth-order valence-electron chi connectivity index (χ4n) is 2.62. The Balaban J connectivity index is 2.27. The number of hydrogen-bond donors (Lipinski definition) is 0. The number of ether oxygens (including phenoxy) is 2. The van der Waals surface area contributed by atoms with Crippen molar-refractivity contribution in [1.29, 1.82) is 0 Å². The smallest absolute Gasteiger partial charge is 0.254 e. The summed E-state index contributed by atoms with van der Waals surface area (Å²) >= 11 is 0. The standard InChI is InChI=1S/C15H21NO3/c1-4-12-6-5-7-16(12)15(17)11-8-13(18-2)10-14(9-11)19-3/h8-10,12H,4-7H2,1-3H3. The SMILES string of the molecule is CCC1CCCN1C(=O)c1cc(OC)cc(OC)c1. The summed E-state index contributed by atoms with van der Waals surface area (Å²) < 4.78 is 10.4. The Morgan fingerprint density at radius 2 is 1.89 bits per heavy atom. The van der Waals surface area contributed by atoms with Crippen LogP contribution in [0.15, 0.2) is 18.2 Å². The summed E-state index contributed by atoms with van der Waals surface area (Å²) in [5, 5.41) is 0. The molecule has 104 valence electrons. The van der Waals surface area contributed by atoms with Crippen molar-refractivity contribution in [2.24, 2.45) is 0 Å². The molecule has 0 aromatic heterocycles. The zero-order valence-corrected chi connectivity index (χ0v) is 11.8. The molecule has 1 unspecified atom stereocenters. The van der Waals surface area contributed by atoms with Gasteiger partial charge in [-0.1, -0.05) is 6.92 Å². The minimum Gasteiger partial charge on any atom is -0.497 e.